The minimum absolute atomic E-state index is 0.0531. The maximum atomic E-state index is 12.0. The number of alkyl carbamates (subject to hydrolysis) is 1. The number of nitriles is 1. The van der Waals surface area contributed by atoms with E-state index in [4.69, 9.17) is 10.00 Å². The van der Waals surface area contributed by atoms with Crippen molar-refractivity contribution >= 4 is 17.7 Å². The number of hydrogen-bond donors (Lipinski definition) is 3. The van der Waals surface area contributed by atoms with Crippen LogP contribution in [-0.4, -0.2) is 31.7 Å². The molecule has 3 N–H and O–H groups in total. The van der Waals surface area contributed by atoms with Gasteiger partial charge in [0, 0.05) is 25.0 Å². The highest BCUT2D eigenvalue weighted by atomic mass is 16.5. The van der Waals surface area contributed by atoms with E-state index < -0.39 is 12.0 Å². The molecule has 1 aromatic carbocycles. The molecule has 0 saturated carbocycles. The average molecular weight is 316 g/mol. The Bertz CT molecular complexity index is 620. The number of carbonyl (C=O) groups excluding carboxylic acids is 2. The van der Waals surface area contributed by atoms with Gasteiger partial charge in [-0.25, -0.2) is 4.79 Å². The normalized spacial score (nSPS) is 10.4. The largest absolute Gasteiger partial charge is 0.450 e. The predicted octanol–water partition coefficient (Wildman–Crippen LogP) is 1.68. The summed E-state index contributed by atoms with van der Waals surface area (Å²) in [6.07, 6.45) is 0.814. The number of carbonyl (C=O) groups is 2. The minimum atomic E-state index is -0.504. The van der Waals surface area contributed by atoms with Crippen molar-refractivity contribution in [3.05, 3.63) is 41.6 Å². The smallest absolute Gasteiger partial charge is 0.407 e. The van der Waals surface area contributed by atoms with Gasteiger partial charge in [-0.1, -0.05) is 12.1 Å². The molecule has 0 aromatic heterocycles. The molecule has 0 aliphatic heterocycles. The molecule has 1 aromatic rings. The van der Waals surface area contributed by atoms with E-state index in [1.54, 1.807) is 13.0 Å². The van der Waals surface area contributed by atoms with E-state index >= 15 is 0 Å². The number of ether oxygens (including phenoxy) is 1. The Morgan fingerprint density at radius 3 is 2.78 bits per heavy atom. The first-order valence-electron chi connectivity index (χ1n) is 7.19. The third-order valence-electron chi connectivity index (χ3n) is 2.70. The number of anilines is 1. The van der Waals surface area contributed by atoms with Crippen molar-refractivity contribution in [1.82, 2.24) is 10.6 Å². The van der Waals surface area contributed by atoms with E-state index in [9.17, 15) is 9.59 Å². The van der Waals surface area contributed by atoms with Crippen LogP contribution in [0.3, 0.4) is 0 Å². The van der Waals surface area contributed by atoms with Gasteiger partial charge in [-0.3, -0.25) is 4.79 Å². The van der Waals surface area contributed by atoms with E-state index in [2.05, 4.69) is 16.0 Å². The highest BCUT2D eigenvalue weighted by Gasteiger charge is 2.09. The number of rotatable bonds is 7. The van der Waals surface area contributed by atoms with Crippen molar-refractivity contribution in [3.8, 4) is 6.07 Å². The van der Waals surface area contributed by atoms with Crippen LogP contribution in [0, 0.1) is 18.3 Å². The Morgan fingerprint density at radius 2 is 2.13 bits per heavy atom. The number of aryl methyl sites for hydroxylation is 1. The van der Waals surface area contributed by atoms with Crippen molar-refractivity contribution in [2.45, 2.75) is 13.8 Å². The van der Waals surface area contributed by atoms with Gasteiger partial charge >= 0.3 is 6.09 Å². The predicted molar refractivity (Wildman–Crippen MR) is 86.5 cm³/mol. The molecule has 1 rings (SSSR count). The Kier molecular flexibility index (Phi) is 7.72. The molecule has 0 atom stereocenters. The highest BCUT2D eigenvalue weighted by Crippen LogP contribution is 2.10. The van der Waals surface area contributed by atoms with Gasteiger partial charge in [0.15, 0.2) is 0 Å². The zero-order chi connectivity index (χ0) is 17.1. The summed E-state index contributed by atoms with van der Waals surface area (Å²) in [5.74, 6) is -0.496. The van der Waals surface area contributed by atoms with Crippen molar-refractivity contribution in [1.29, 1.82) is 5.26 Å². The topological polar surface area (TPSA) is 103 Å². The Hall–Kier alpha value is -3.01. The molecule has 0 heterocycles. The maximum Gasteiger partial charge on any atom is 0.407 e. The lowest BCUT2D eigenvalue weighted by atomic mass is 10.2. The van der Waals surface area contributed by atoms with Crippen molar-refractivity contribution < 1.29 is 14.3 Å². The SMILES string of the molecule is CCOC(=O)NCCN/C=C(/C#N)C(=O)Nc1cccc(C)c1. The van der Waals surface area contributed by atoms with Gasteiger partial charge < -0.3 is 20.7 Å². The standard InChI is InChI=1S/C16H20N4O3/c1-3-23-16(22)19-8-7-18-11-13(10-17)15(21)20-14-6-4-5-12(2)9-14/h4-6,9,11,18H,3,7-8H2,1-2H3,(H,19,22)(H,20,21)/b13-11-. The number of amides is 2. The molecular weight excluding hydrogens is 296 g/mol. The van der Waals surface area contributed by atoms with Gasteiger partial charge in [-0.15, -0.1) is 0 Å². The van der Waals surface area contributed by atoms with Gasteiger partial charge in [0.1, 0.15) is 11.6 Å². The first kappa shape index (κ1) is 18.0. The van der Waals surface area contributed by atoms with E-state index in [0.717, 1.165) is 5.56 Å². The molecule has 7 nitrogen and oxygen atoms in total. The molecule has 0 fully saturated rings. The summed E-state index contributed by atoms with van der Waals surface area (Å²) in [5.41, 5.74) is 1.58. The van der Waals surface area contributed by atoms with E-state index in [-0.39, 0.29) is 5.57 Å². The zero-order valence-corrected chi connectivity index (χ0v) is 13.2. The van der Waals surface area contributed by atoms with Crippen LogP contribution in [0.25, 0.3) is 0 Å². The second kappa shape index (κ2) is 9.84. The molecule has 0 radical (unpaired) electrons. The Labute approximate surface area is 135 Å². The van der Waals surface area contributed by atoms with E-state index in [1.807, 2.05) is 31.2 Å². The average Bonchev–Trinajstić information content (AvgIpc) is 2.51. The van der Waals surface area contributed by atoms with Crippen LogP contribution in [0.5, 0.6) is 0 Å². The number of nitrogens with zero attached hydrogens (tertiary/aromatic N) is 1. The first-order valence-corrected chi connectivity index (χ1v) is 7.19. The van der Waals surface area contributed by atoms with Crippen LogP contribution in [0.2, 0.25) is 0 Å². The summed E-state index contributed by atoms with van der Waals surface area (Å²) < 4.78 is 4.70. The summed E-state index contributed by atoms with van der Waals surface area (Å²) in [6.45, 7) is 4.60. The maximum absolute atomic E-state index is 12.0. The highest BCUT2D eigenvalue weighted by molar-refractivity contribution is 6.06. The van der Waals surface area contributed by atoms with Crippen LogP contribution in [-0.2, 0) is 9.53 Å². The molecule has 7 heteroatoms. The summed E-state index contributed by atoms with van der Waals surface area (Å²) in [5, 5.41) is 17.0. The van der Waals surface area contributed by atoms with Crippen molar-refractivity contribution in [2.75, 3.05) is 25.0 Å². The zero-order valence-electron chi connectivity index (χ0n) is 13.2. The molecule has 0 aliphatic rings. The van der Waals surface area contributed by atoms with Gasteiger partial charge in [-0.2, -0.15) is 5.26 Å². The quantitative estimate of drug-likeness (QED) is 0.403. The van der Waals surface area contributed by atoms with E-state index in [0.29, 0.717) is 25.4 Å². The fraction of sp³-hybridized carbons (Fsp3) is 0.312. The second-order valence-electron chi connectivity index (χ2n) is 4.59. The number of hydrogen-bond acceptors (Lipinski definition) is 5. The summed E-state index contributed by atoms with van der Waals surface area (Å²) >= 11 is 0. The molecule has 0 aliphatic carbocycles. The van der Waals surface area contributed by atoms with Crippen LogP contribution < -0.4 is 16.0 Å². The monoisotopic (exact) mass is 316 g/mol. The Balaban J connectivity index is 2.44. The second-order valence-corrected chi connectivity index (χ2v) is 4.59. The molecule has 23 heavy (non-hydrogen) atoms. The lowest BCUT2D eigenvalue weighted by Crippen LogP contribution is -2.31. The number of benzene rings is 1. The Morgan fingerprint density at radius 1 is 1.35 bits per heavy atom. The lowest BCUT2D eigenvalue weighted by Gasteiger charge is -2.07. The molecule has 122 valence electrons. The lowest BCUT2D eigenvalue weighted by molar-refractivity contribution is -0.112. The van der Waals surface area contributed by atoms with Crippen LogP contribution in [0.4, 0.5) is 10.5 Å². The summed E-state index contributed by atoms with van der Waals surface area (Å²) in [7, 11) is 0. The van der Waals surface area contributed by atoms with E-state index in [1.165, 1.54) is 6.20 Å². The summed E-state index contributed by atoms with van der Waals surface area (Å²) in [6, 6.07) is 9.12. The molecule has 2 amide bonds. The molecule has 0 unspecified atom stereocenters. The van der Waals surface area contributed by atoms with Crippen molar-refractivity contribution in [3.63, 3.8) is 0 Å². The summed E-state index contributed by atoms with van der Waals surface area (Å²) in [4.78, 5) is 23.0. The third-order valence-corrected chi connectivity index (χ3v) is 2.70. The van der Waals surface area contributed by atoms with Crippen molar-refractivity contribution in [2.24, 2.45) is 0 Å². The fourth-order valence-electron chi connectivity index (χ4n) is 1.66. The minimum Gasteiger partial charge on any atom is -0.450 e. The van der Waals surface area contributed by atoms with Gasteiger partial charge in [-0.05, 0) is 31.5 Å². The van der Waals surface area contributed by atoms with Gasteiger partial charge in [0.25, 0.3) is 5.91 Å². The van der Waals surface area contributed by atoms with Crippen LogP contribution in [0.1, 0.15) is 12.5 Å². The molecule has 0 spiro atoms. The number of nitrogens with one attached hydrogen (secondary N) is 3. The van der Waals surface area contributed by atoms with Gasteiger partial charge in [0.2, 0.25) is 0 Å². The van der Waals surface area contributed by atoms with Crippen LogP contribution >= 0.6 is 0 Å². The molecule has 0 saturated heterocycles. The van der Waals surface area contributed by atoms with Gasteiger partial charge in [0.05, 0.1) is 6.61 Å². The third kappa shape index (κ3) is 7.00. The van der Waals surface area contributed by atoms with Crippen LogP contribution in [0.15, 0.2) is 36.0 Å². The molecule has 0 bridgehead atoms. The molecular formula is C16H20N4O3. The fourth-order valence-corrected chi connectivity index (χ4v) is 1.66. The first-order chi connectivity index (χ1) is 11.1.